The summed E-state index contributed by atoms with van der Waals surface area (Å²) in [4.78, 5) is 20.9. The van der Waals surface area contributed by atoms with E-state index < -0.39 is 10.0 Å². The lowest BCUT2D eigenvalue weighted by atomic mass is 9.96. The molecule has 3 aromatic rings. The highest BCUT2D eigenvalue weighted by molar-refractivity contribution is 7.90. The van der Waals surface area contributed by atoms with Crippen molar-refractivity contribution in [3.8, 4) is 17.0 Å². The number of benzene rings is 2. The molecule has 0 radical (unpaired) electrons. The van der Waals surface area contributed by atoms with E-state index in [1.54, 1.807) is 31.4 Å². The van der Waals surface area contributed by atoms with Crippen LogP contribution >= 0.6 is 11.3 Å². The number of carbonyl (C=O) groups is 1. The predicted octanol–water partition coefficient (Wildman–Crippen LogP) is 3.93. The molecule has 10 heteroatoms. The average molecular weight is 497 g/mol. The first kappa shape index (κ1) is 22.5. The second kappa shape index (κ2) is 8.84. The van der Waals surface area contributed by atoms with Crippen LogP contribution < -0.4 is 10.1 Å². The fourth-order valence-corrected chi connectivity index (χ4v) is 6.44. The number of likely N-dealkylation sites (tertiary alicyclic amines) is 1. The molecule has 2 aliphatic rings. The molecule has 8 nitrogen and oxygen atoms in total. The molecule has 1 saturated heterocycles. The molecule has 34 heavy (non-hydrogen) atoms. The molecule has 2 aromatic carbocycles. The highest BCUT2D eigenvalue weighted by Crippen LogP contribution is 2.33. The van der Waals surface area contributed by atoms with Crippen molar-refractivity contribution in [2.45, 2.75) is 24.7 Å². The number of amidine groups is 1. The first-order valence-electron chi connectivity index (χ1n) is 11.0. The van der Waals surface area contributed by atoms with Crippen LogP contribution in [-0.2, 0) is 14.8 Å². The quantitative estimate of drug-likeness (QED) is 0.587. The number of methoxy groups -OCH3 is 1. The minimum absolute atomic E-state index is 0.116. The number of piperidine rings is 1. The van der Waals surface area contributed by atoms with Crippen molar-refractivity contribution >= 4 is 38.2 Å². The van der Waals surface area contributed by atoms with Gasteiger partial charge in [0.25, 0.3) is 10.0 Å². The molecule has 0 saturated carbocycles. The number of rotatable bonds is 4. The maximum Gasteiger partial charge on any atom is 0.285 e. The third-order valence-corrected chi connectivity index (χ3v) is 8.31. The maximum atomic E-state index is 13.1. The Morgan fingerprint density at radius 2 is 1.94 bits per heavy atom. The van der Waals surface area contributed by atoms with Crippen LogP contribution in [0.2, 0.25) is 0 Å². The van der Waals surface area contributed by atoms with Gasteiger partial charge in [-0.1, -0.05) is 12.1 Å². The van der Waals surface area contributed by atoms with Gasteiger partial charge in [-0.15, -0.1) is 15.7 Å². The summed E-state index contributed by atoms with van der Waals surface area (Å²) in [5, 5.41) is 3.52. The first-order chi connectivity index (χ1) is 16.4. The number of aryl methyl sites for hydroxylation is 1. The Balaban J connectivity index is 1.31. The summed E-state index contributed by atoms with van der Waals surface area (Å²) in [5.74, 6) is 0.796. The normalized spacial score (nSPS) is 18.8. The van der Waals surface area contributed by atoms with Crippen molar-refractivity contribution in [3.05, 3.63) is 59.0 Å². The minimum Gasteiger partial charge on any atom is -0.497 e. The van der Waals surface area contributed by atoms with Crippen molar-refractivity contribution in [1.29, 1.82) is 0 Å². The molecule has 1 amide bonds. The highest BCUT2D eigenvalue weighted by atomic mass is 32.2. The Morgan fingerprint density at radius 3 is 2.71 bits per heavy atom. The van der Waals surface area contributed by atoms with E-state index >= 15 is 0 Å². The van der Waals surface area contributed by atoms with Crippen LogP contribution in [0.25, 0.3) is 11.3 Å². The number of hydrogen-bond acceptors (Lipinski definition) is 7. The SMILES string of the molecule is COc1ccc(-c2nc(NC(=O)[C@H]3CCCN(C4=NS(=O)(=O)c5ccccc54)C3)sc2C)cc1. The van der Waals surface area contributed by atoms with Crippen LogP contribution in [0.5, 0.6) is 5.75 Å². The van der Waals surface area contributed by atoms with Crippen LogP contribution in [0.1, 0.15) is 23.3 Å². The van der Waals surface area contributed by atoms with Crippen molar-refractivity contribution < 1.29 is 17.9 Å². The highest BCUT2D eigenvalue weighted by Gasteiger charge is 2.35. The summed E-state index contributed by atoms with van der Waals surface area (Å²) >= 11 is 1.44. The molecule has 1 fully saturated rings. The zero-order valence-corrected chi connectivity index (χ0v) is 20.4. The fraction of sp³-hybridized carbons (Fsp3) is 0.292. The molecular weight excluding hydrogens is 472 g/mol. The lowest BCUT2D eigenvalue weighted by Crippen LogP contribution is -2.43. The minimum atomic E-state index is -3.69. The summed E-state index contributed by atoms with van der Waals surface area (Å²) in [7, 11) is -2.07. The van der Waals surface area contributed by atoms with Crippen LogP contribution in [0.3, 0.4) is 0 Å². The lowest BCUT2D eigenvalue weighted by Gasteiger charge is -2.33. The van der Waals surface area contributed by atoms with Crippen LogP contribution in [0.15, 0.2) is 57.8 Å². The summed E-state index contributed by atoms with van der Waals surface area (Å²) in [5.41, 5.74) is 2.39. The Hall–Kier alpha value is -3.24. The summed E-state index contributed by atoms with van der Waals surface area (Å²) in [6.45, 7) is 3.04. The summed E-state index contributed by atoms with van der Waals surface area (Å²) in [6.07, 6.45) is 1.49. The predicted molar refractivity (Wildman–Crippen MR) is 132 cm³/mol. The number of anilines is 1. The number of carbonyl (C=O) groups excluding carboxylic acids is 1. The third-order valence-electron chi connectivity index (χ3n) is 6.09. The van der Waals surface area contributed by atoms with E-state index in [2.05, 4.69) is 14.7 Å². The van der Waals surface area contributed by atoms with Crippen LogP contribution in [-0.4, -0.2) is 50.2 Å². The van der Waals surface area contributed by atoms with Gasteiger partial charge < -0.3 is 15.0 Å². The Labute approximate surface area is 202 Å². The van der Waals surface area contributed by atoms with E-state index in [1.807, 2.05) is 36.1 Å². The average Bonchev–Trinajstić information content (AvgIpc) is 3.35. The molecule has 0 bridgehead atoms. The number of nitrogens with one attached hydrogen (secondary N) is 1. The molecule has 176 valence electrons. The van der Waals surface area contributed by atoms with Crippen molar-refractivity contribution in [2.24, 2.45) is 10.3 Å². The van der Waals surface area contributed by atoms with Gasteiger partial charge in [0.05, 0.1) is 18.7 Å². The summed E-state index contributed by atoms with van der Waals surface area (Å²) in [6, 6.07) is 14.5. The Bertz CT molecular complexity index is 1380. The van der Waals surface area contributed by atoms with Gasteiger partial charge in [0.1, 0.15) is 10.6 Å². The van der Waals surface area contributed by atoms with Gasteiger partial charge in [-0.25, -0.2) is 4.98 Å². The van der Waals surface area contributed by atoms with E-state index in [4.69, 9.17) is 4.74 Å². The molecule has 0 spiro atoms. The van der Waals surface area contributed by atoms with E-state index in [9.17, 15) is 13.2 Å². The van der Waals surface area contributed by atoms with Gasteiger partial charge in [-0.05, 0) is 56.2 Å². The van der Waals surface area contributed by atoms with E-state index in [-0.39, 0.29) is 16.7 Å². The molecule has 3 heterocycles. The second-order valence-electron chi connectivity index (χ2n) is 8.31. The van der Waals surface area contributed by atoms with E-state index in [0.29, 0.717) is 29.6 Å². The van der Waals surface area contributed by atoms with E-state index in [1.165, 1.54) is 11.3 Å². The standard InChI is InChI=1S/C24H24N4O4S2/c1-15-21(16-9-11-18(32-2)12-10-16)25-24(33-15)26-23(29)17-6-5-13-28(14-17)22-19-7-3-4-8-20(19)34(30,31)27-22/h3-4,7-12,17H,5-6,13-14H2,1-2H3,(H,25,26,29)/t17-/m0/s1. The summed E-state index contributed by atoms with van der Waals surface area (Å²) < 4.78 is 34.1. The Kier molecular flexibility index (Phi) is 5.86. The number of hydrogen-bond donors (Lipinski definition) is 1. The molecule has 2 aliphatic heterocycles. The molecule has 1 N–H and O–H groups in total. The molecule has 5 rings (SSSR count). The monoisotopic (exact) mass is 496 g/mol. The molecular formula is C24H24N4O4S2. The molecule has 0 aliphatic carbocycles. The maximum absolute atomic E-state index is 13.1. The fourth-order valence-electron chi connectivity index (χ4n) is 4.37. The van der Waals surface area contributed by atoms with Gasteiger partial charge >= 0.3 is 0 Å². The first-order valence-corrected chi connectivity index (χ1v) is 13.2. The van der Waals surface area contributed by atoms with Crippen molar-refractivity contribution in [1.82, 2.24) is 9.88 Å². The number of nitrogens with zero attached hydrogens (tertiary/aromatic N) is 3. The largest absolute Gasteiger partial charge is 0.497 e. The van der Waals surface area contributed by atoms with Crippen molar-refractivity contribution in [2.75, 3.05) is 25.5 Å². The van der Waals surface area contributed by atoms with Gasteiger partial charge in [-0.3, -0.25) is 4.79 Å². The zero-order valence-electron chi connectivity index (χ0n) is 18.8. The van der Waals surface area contributed by atoms with Gasteiger partial charge in [0, 0.05) is 29.1 Å². The van der Waals surface area contributed by atoms with Gasteiger partial charge in [0.2, 0.25) is 5.91 Å². The second-order valence-corrected chi connectivity index (χ2v) is 11.1. The molecule has 1 aromatic heterocycles. The van der Waals surface area contributed by atoms with E-state index in [0.717, 1.165) is 34.7 Å². The number of fused-ring (bicyclic) bond motifs is 1. The Morgan fingerprint density at radius 1 is 1.18 bits per heavy atom. The topological polar surface area (TPSA) is 101 Å². The smallest absolute Gasteiger partial charge is 0.285 e. The molecule has 0 unspecified atom stereocenters. The number of thiazole rings is 1. The van der Waals surface area contributed by atoms with Gasteiger partial charge in [0.15, 0.2) is 11.0 Å². The number of ether oxygens (including phenoxy) is 1. The number of amides is 1. The zero-order chi connectivity index (χ0) is 23.9. The van der Waals surface area contributed by atoms with Crippen LogP contribution in [0, 0.1) is 12.8 Å². The van der Waals surface area contributed by atoms with Crippen LogP contribution in [0.4, 0.5) is 5.13 Å². The molecule has 1 atom stereocenters. The number of aromatic nitrogens is 1. The van der Waals surface area contributed by atoms with Gasteiger partial charge in [-0.2, -0.15) is 8.42 Å². The van der Waals surface area contributed by atoms with Crippen molar-refractivity contribution in [3.63, 3.8) is 0 Å². The lowest BCUT2D eigenvalue weighted by molar-refractivity contribution is -0.121. The third kappa shape index (κ3) is 4.19. The number of sulfonamides is 1.